The highest BCUT2D eigenvalue weighted by atomic mass is 31.2. The van der Waals surface area contributed by atoms with Crippen molar-refractivity contribution in [2.24, 2.45) is 0 Å². The van der Waals surface area contributed by atoms with Crippen LogP contribution in [0.5, 0.6) is 0 Å². The van der Waals surface area contributed by atoms with Gasteiger partial charge in [0, 0.05) is 19.3 Å². The van der Waals surface area contributed by atoms with E-state index in [1.807, 2.05) is 0 Å². The number of carbonyl (C=O) groups excluding carboxylic acids is 3. The molecule has 602 valence electrons. The van der Waals surface area contributed by atoms with Gasteiger partial charge in [-0.25, -0.2) is 4.57 Å². The van der Waals surface area contributed by atoms with Gasteiger partial charge in [0.05, 0.1) is 13.2 Å². The second-order valence-corrected chi connectivity index (χ2v) is 30.9. The number of hydrogen-bond donors (Lipinski definition) is 11. The summed E-state index contributed by atoms with van der Waals surface area (Å²) >= 11 is 0. The van der Waals surface area contributed by atoms with E-state index in [0.717, 1.165) is 89.9 Å². The van der Waals surface area contributed by atoms with Gasteiger partial charge in [-0.1, -0.05) is 303 Å². The number of rotatable bonds is 65. The standard InChI is InChI=1S/C77H145O24P/c1-4-7-10-13-16-19-22-25-28-29-32-35-38-41-44-47-50-53-63(81)96-58(55-93-61(79)51-48-45-42-39-36-33-30-26-23-20-17-14-11-8-5-2)56-95-102(91,92)101-75-73(99-76-71(89)66(84)64(82)59(54-78)97-76)69(87)68(86)70(88)74(75)100-77-72(90)67(85)65(83)60(98-77)57-94-62(80)52-49-46-43-40-37-34-31-27-24-21-18-15-12-9-6-3/h58-60,64-78,82-90H,4-57H2,1-3H3,(H,91,92). The van der Waals surface area contributed by atoms with E-state index >= 15 is 0 Å². The minimum Gasteiger partial charge on any atom is -0.463 e. The van der Waals surface area contributed by atoms with Gasteiger partial charge >= 0.3 is 25.7 Å². The van der Waals surface area contributed by atoms with Crippen molar-refractivity contribution >= 4 is 25.7 Å². The quantitative estimate of drug-likeness (QED) is 0.0117. The summed E-state index contributed by atoms with van der Waals surface area (Å²) in [6.07, 6.45) is 18.5. The van der Waals surface area contributed by atoms with Crippen molar-refractivity contribution in [1.82, 2.24) is 0 Å². The van der Waals surface area contributed by atoms with Gasteiger partial charge in [0.25, 0.3) is 0 Å². The third-order valence-electron chi connectivity index (χ3n) is 20.4. The first-order valence-corrected chi connectivity index (χ1v) is 42.3. The zero-order chi connectivity index (χ0) is 74.6. The molecule has 0 aromatic rings. The molecule has 18 atom stereocenters. The SMILES string of the molecule is CCCCCCCCCCCCCCCCCCCC(=O)OC(COC(=O)CCCCCCCCCCCCCCCCC)COP(=O)(O)OC1C(OC2OC(CO)C(O)C(O)C2O)C(O)C(O)C(O)C1OC1OC(COC(=O)CCCCCCCCCCCCCCCCC)C(O)C(O)C1O. The molecular weight excluding hydrogens is 1340 g/mol. The fourth-order valence-corrected chi connectivity index (χ4v) is 14.7. The van der Waals surface area contributed by atoms with Crippen molar-refractivity contribution in [2.75, 3.05) is 26.4 Å². The molecule has 0 amide bonds. The van der Waals surface area contributed by atoms with Crippen LogP contribution in [-0.4, -0.2) is 204 Å². The zero-order valence-electron chi connectivity index (χ0n) is 63.2. The Kier molecular flexibility index (Phi) is 54.4. The van der Waals surface area contributed by atoms with Crippen LogP contribution in [0.3, 0.4) is 0 Å². The van der Waals surface area contributed by atoms with E-state index in [4.69, 9.17) is 42.2 Å². The Hall–Kier alpha value is -2.04. The van der Waals surface area contributed by atoms with E-state index in [1.54, 1.807) is 0 Å². The van der Waals surface area contributed by atoms with Gasteiger partial charge in [-0.15, -0.1) is 0 Å². The maximum atomic E-state index is 14.4. The lowest BCUT2D eigenvalue weighted by Gasteiger charge is -2.49. The predicted molar refractivity (Wildman–Crippen MR) is 389 cm³/mol. The third-order valence-corrected chi connectivity index (χ3v) is 21.4. The van der Waals surface area contributed by atoms with Crippen molar-refractivity contribution in [3.63, 3.8) is 0 Å². The molecule has 1 saturated carbocycles. The van der Waals surface area contributed by atoms with E-state index in [9.17, 15) is 74.9 Å². The summed E-state index contributed by atoms with van der Waals surface area (Å²) in [5.41, 5.74) is 0. The van der Waals surface area contributed by atoms with Gasteiger partial charge in [-0.2, -0.15) is 0 Å². The Morgan fingerprint density at radius 3 is 0.961 bits per heavy atom. The molecule has 3 rings (SSSR count). The van der Waals surface area contributed by atoms with Crippen molar-refractivity contribution in [1.29, 1.82) is 0 Å². The first-order valence-electron chi connectivity index (χ1n) is 40.8. The molecule has 2 aliphatic heterocycles. The lowest BCUT2D eigenvalue weighted by molar-refractivity contribution is -0.360. The van der Waals surface area contributed by atoms with Gasteiger partial charge in [0.15, 0.2) is 18.7 Å². The third kappa shape index (κ3) is 41.0. The molecule has 0 aromatic carbocycles. The van der Waals surface area contributed by atoms with E-state index < -0.39 is 156 Å². The molecule has 0 bridgehead atoms. The molecule has 11 N–H and O–H groups in total. The average Bonchev–Trinajstić information content (AvgIpc) is 0.761. The van der Waals surface area contributed by atoms with Crippen LogP contribution in [0.15, 0.2) is 0 Å². The van der Waals surface area contributed by atoms with Crippen LogP contribution in [0.4, 0.5) is 0 Å². The molecular formula is C77H145O24P. The normalized spacial score (nSPS) is 27.0. The summed E-state index contributed by atoms with van der Waals surface area (Å²) in [6, 6.07) is 0. The number of ether oxygens (including phenoxy) is 7. The van der Waals surface area contributed by atoms with E-state index in [-0.39, 0.29) is 19.3 Å². The van der Waals surface area contributed by atoms with Crippen molar-refractivity contribution < 1.29 is 117 Å². The maximum Gasteiger partial charge on any atom is 0.472 e. The monoisotopic (exact) mass is 1480 g/mol. The van der Waals surface area contributed by atoms with Crippen LogP contribution in [0.25, 0.3) is 0 Å². The molecule has 0 aromatic heterocycles. The Balaban J connectivity index is 1.70. The highest BCUT2D eigenvalue weighted by Gasteiger charge is 2.58. The molecule has 25 heteroatoms. The van der Waals surface area contributed by atoms with Crippen LogP contribution < -0.4 is 0 Å². The van der Waals surface area contributed by atoms with Gasteiger partial charge in [0.2, 0.25) is 0 Å². The Morgan fingerprint density at radius 1 is 0.343 bits per heavy atom. The highest BCUT2D eigenvalue weighted by Crippen LogP contribution is 2.49. The Bertz CT molecular complexity index is 2100. The number of carbonyl (C=O) groups is 3. The minimum atomic E-state index is -5.70. The summed E-state index contributed by atoms with van der Waals surface area (Å²) in [7, 11) is -5.70. The summed E-state index contributed by atoms with van der Waals surface area (Å²) in [4.78, 5) is 51.2. The number of aliphatic hydroxyl groups excluding tert-OH is 10. The fraction of sp³-hybridized carbons (Fsp3) is 0.961. The topological polar surface area (TPSA) is 374 Å². The number of aliphatic hydroxyl groups is 10. The lowest BCUT2D eigenvalue weighted by atomic mass is 9.84. The van der Waals surface area contributed by atoms with Gasteiger partial charge in [0.1, 0.15) is 98.7 Å². The van der Waals surface area contributed by atoms with Gasteiger partial charge in [-0.05, 0) is 19.3 Å². The van der Waals surface area contributed by atoms with Gasteiger partial charge in [-0.3, -0.25) is 23.4 Å². The number of phosphoric ester groups is 1. The predicted octanol–water partition coefficient (Wildman–Crippen LogP) is 12.5. The Labute approximate surface area is 612 Å². The first-order chi connectivity index (χ1) is 49.3. The van der Waals surface area contributed by atoms with Crippen LogP contribution in [0.2, 0.25) is 0 Å². The first kappa shape index (κ1) is 94.2. The average molecular weight is 1490 g/mol. The highest BCUT2D eigenvalue weighted by molar-refractivity contribution is 7.47. The molecule has 18 unspecified atom stereocenters. The molecule has 2 saturated heterocycles. The molecule has 1 aliphatic carbocycles. The molecule has 3 fully saturated rings. The molecule has 0 radical (unpaired) electrons. The molecule has 24 nitrogen and oxygen atoms in total. The van der Waals surface area contributed by atoms with Crippen molar-refractivity contribution in [3.8, 4) is 0 Å². The lowest BCUT2D eigenvalue weighted by Crippen LogP contribution is -2.69. The summed E-state index contributed by atoms with van der Waals surface area (Å²) in [5.74, 6) is -1.97. The largest absolute Gasteiger partial charge is 0.472 e. The van der Waals surface area contributed by atoms with Crippen LogP contribution >= 0.6 is 7.82 Å². The van der Waals surface area contributed by atoms with Gasteiger partial charge < -0.3 is 89.1 Å². The van der Waals surface area contributed by atoms with E-state index in [2.05, 4.69) is 20.8 Å². The summed E-state index contributed by atoms with van der Waals surface area (Å²) < 4.78 is 65.2. The van der Waals surface area contributed by atoms with E-state index in [1.165, 1.54) is 193 Å². The van der Waals surface area contributed by atoms with E-state index in [0.29, 0.717) is 19.3 Å². The molecule has 0 spiro atoms. The second-order valence-electron chi connectivity index (χ2n) is 29.5. The molecule has 3 aliphatic rings. The maximum absolute atomic E-state index is 14.4. The smallest absolute Gasteiger partial charge is 0.463 e. The van der Waals surface area contributed by atoms with Crippen LogP contribution in [0, 0.1) is 0 Å². The summed E-state index contributed by atoms with van der Waals surface area (Å²) in [6.45, 7) is 3.52. The number of esters is 3. The zero-order valence-corrected chi connectivity index (χ0v) is 64.1. The molecule has 102 heavy (non-hydrogen) atoms. The fourth-order valence-electron chi connectivity index (χ4n) is 13.8. The molecule has 2 heterocycles. The summed E-state index contributed by atoms with van der Waals surface area (Å²) in [5, 5.41) is 110. The second kappa shape index (κ2) is 58.9. The van der Waals surface area contributed by atoms with Crippen molar-refractivity contribution in [2.45, 2.75) is 446 Å². The van der Waals surface area contributed by atoms with Crippen molar-refractivity contribution in [3.05, 3.63) is 0 Å². The number of phosphoric acid groups is 1. The van der Waals surface area contributed by atoms with Crippen LogP contribution in [-0.2, 0) is 61.2 Å². The number of unbranched alkanes of at least 4 members (excludes halogenated alkanes) is 44. The minimum absolute atomic E-state index is 0.0324. The van der Waals surface area contributed by atoms with Crippen LogP contribution in [0.1, 0.15) is 342 Å². The Morgan fingerprint density at radius 2 is 0.627 bits per heavy atom. The number of hydrogen-bond acceptors (Lipinski definition) is 23.